The summed E-state index contributed by atoms with van der Waals surface area (Å²) in [5.41, 5.74) is 8.80. The number of nitrogens with zero attached hydrogens (tertiary/aromatic N) is 2. The van der Waals surface area contributed by atoms with Crippen LogP contribution in [0.15, 0.2) is 58.5 Å². The van der Waals surface area contributed by atoms with Gasteiger partial charge in [-0.25, -0.2) is 8.42 Å². The predicted molar refractivity (Wildman–Crippen MR) is 81.2 cm³/mol. The molecular formula is C15H17N3O2S+. The van der Waals surface area contributed by atoms with E-state index in [1.165, 1.54) is 0 Å². The molecule has 0 saturated heterocycles. The number of anilines is 1. The Kier molecular flexibility index (Phi) is 4.37. The monoisotopic (exact) mass is 303 g/mol. The summed E-state index contributed by atoms with van der Waals surface area (Å²) >= 11 is 0. The van der Waals surface area contributed by atoms with Crippen LogP contribution >= 0.6 is 0 Å². The number of benzene rings is 2. The van der Waals surface area contributed by atoms with Crippen molar-refractivity contribution in [3.05, 3.63) is 54.1 Å². The van der Waals surface area contributed by atoms with Gasteiger partial charge in [0.2, 0.25) is 0 Å². The van der Waals surface area contributed by atoms with Crippen molar-refractivity contribution in [2.45, 2.75) is 10.6 Å². The van der Waals surface area contributed by atoms with Crippen LogP contribution in [0.1, 0.15) is 5.56 Å². The Morgan fingerprint density at radius 3 is 2.33 bits per heavy atom. The standard InChI is InChI=1S/C15H17N3O2S/c1-18(2)13-8-9-14(17-16)15(10-13)21(19,20)11-12-6-4-3-5-7-12/h3-10,16H,11H2,1-2H3/q+1. The van der Waals surface area contributed by atoms with Crippen molar-refractivity contribution in [1.82, 2.24) is 0 Å². The first kappa shape index (κ1) is 15.2. The molecule has 0 heterocycles. The lowest BCUT2D eigenvalue weighted by Gasteiger charge is -2.14. The van der Waals surface area contributed by atoms with E-state index < -0.39 is 9.84 Å². The zero-order valence-electron chi connectivity index (χ0n) is 11.9. The second-order valence-electron chi connectivity index (χ2n) is 4.90. The Balaban J connectivity index is 2.48. The molecule has 0 aliphatic rings. The van der Waals surface area contributed by atoms with E-state index in [9.17, 15) is 8.42 Å². The summed E-state index contributed by atoms with van der Waals surface area (Å²) in [5.74, 6) is -0.104. The highest BCUT2D eigenvalue weighted by Crippen LogP contribution is 2.30. The Bertz CT molecular complexity index is 741. The quantitative estimate of drug-likeness (QED) is 0.848. The molecule has 0 aromatic heterocycles. The van der Waals surface area contributed by atoms with Gasteiger partial charge >= 0.3 is 0 Å². The van der Waals surface area contributed by atoms with E-state index in [4.69, 9.17) is 5.53 Å². The summed E-state index contributed by atoms with van der Waals surface area (Å²) < 4.78 is 25.2. The van der Waals surface area contributed by atoms with Gasteiger partial charge in [-0.05, 0) is 23.8 Å². The molecule has 0 aliphatic carbocycles. The third-order valence-corrected chi connectivity index (χ3v) is 4.83. The summed E-state index contributed by atoms with van der Waals surface area (Å²) in [5, 5.41) is 3.33. The topological polar surface area (TPSA) is 73.5 Å². The third kappa shape index (κ3) is 3.46. The van der Waals surface area contributed by atoms with Gasteiger partial charge in [0, 0.05) is 19.8 Å². The highest BCUT2D eigenvalue weighted by molar-refractivity contribution is 7.90. The lowest BCUT2D eigenvalue weighted by atomic mass is 10.2. The minimum Gasteiger partial charge on any atom is -0.378 e. The van der Waals surface area contributed by atoms with Crippen LogP contribution in [0.4, 0.5) is 11.4 Å². The molecule has 2 rings (SSSR count). The molecule has 0 saturated carbocycles. The number of sulfone groups is 1. The number of nitrogens with one attached hydrogen (secondary N) is 1. The van der Waals surface area contributed by atoms with Gasteiger partial charge in [0.15, 0.2) is 15.5 Å². The van der Waals surface area contributed by atoms with Gasteiger partial charge in [0.05, 0.1) is 10.9 Å². The molecule has 0 aliphatic heterocycles. The number of rotatable bonds is 5. The second-order valence-corrected chi connectivity index (χ2v) is 6.86. The summed E-state index contributed by atoms with van der Waals surface area (Å²) in [7, 11) is 0.115. The zero-order valence-corrected chi connectivity index (χ0v) is 12.8. The van der Waals surface area contributed by atoms with Crippen molar-refractivity contribution < 1.29 is 13.9 Å². The second kappa shape index (κ2) is 6.05. The van der Waals surface area contributed by atoms with E-state index in [1.54, 1.807) is 42.5 Å². The van der Waals surface area contributed by atoms with Crippen molar-refractivity contribution in [2.75, 3.05) is 19.0 Å². The highest BCUT2D eigenvalue weighted by Gasteiger charge is 2.22. The van der Waals surface area contributed by atoms with Crippen LogP contribution in [0.5, 0.6) is 0 Å². The Hall–Kier alpha value is -2.21. The van der Waals surface area contributed by atoms with Crippen molar-refractivity contribution in [2.24, 2.45) is 5.11 Å². The molecular weight excluding hydrogens is 286 g/mol. The molecule has 21 heavy (non-hydrogen) atoms. The lowest BCUT2D eigenvalue weighted by molar-refractivity contribution is -0.210. The molecule has 0 atom stereocenters. The Labute approximate surface area is 124 Å². The van der Waals surface area contributed by atoms with E-state index in [2.05, 4.69) is 5.11 Å². The molecule has 1 radical (unpaired) electrons. The molecule has 5 nitrogen and oxygen atoms in total. The fourth-order valence-electron chi connectivity index (χ4n) is 1.99. The fraction of sp³-hybridized carbons (Fsp3) is 0.200. The van der Waals surface area contributed by atoms with E-state index in [0.717, 1.165) is 5.69 Å². The normalized spacial score (nSPS) is 11.1. The van der Waals surface area contributed by atoms with Crippen molar-refractivity contribution in [1.29, 1.82) is 0 Å². The Morgan fingerprint density at radius 1 is 1.10 bits per heavy atom. The van der Waals surface area contributed by atoms with Crippen LogP contribution in [0.2, 0.25) is 0 Å². The van der Waals surface area contributed by atoms with E-state index in [1.807, 2.05) is 25.1 Å². The first-order valence-electron chi connectivity index (χ1n) is 6.39. The summed E-state index contributed by atoms with van der Waals surface area (Å²) in [6.07, 6.45) is 0. The molecule has 0 bridgehead atoms. The SMILES string of the molecule is CN(C)c1ccc(N=[NH+])c(S(=O)(=O)Cc2ccccc2)c1. The fourth-order valence-corrected chi connectivity index (χ4v) is 3.51. The van der Waals surface area contributed by atoms with Crippen molar-refractivity contribution >= 4 is 21.2 Å². The number of hydrogen-bond donors (Lipinski definition) is 1. The summed E-state index contributed by atoms with van der Waals surface area (Å²) in [6, 6.07) is 13.8. The predicted octanol–water partition coefficient (Wildman–Crippen LogP) is 1.36. The molecule has 0 amide bonds. The van der Waals surface area contributed by atoms with Gasteiger partial charge in [-0.3, -0.25) is 0 Å². The maximum atomic E-state index is 12.6. The molecule has 0 unspecified atom stereocenters. The molecule has 109 valence electrons. The number of hydrogen-bond acceptors (Lipinski definition) is 5. The maximum absolute atomic E-state index is 12.6. The molecule has 2 aromatic carbocycles. The molecule has 1 N–H and O–H groups in total. The molecule has 6 heteroatoms. The lowest BCUT2D eigenvalue weighted by Crippen LogP contribution is -2.22. The first-order valence-corrected chi connectivity index (χ1v) is 8.05. The van der Waals surface area contributed by atoms with E-state index in [0.29, 0.717) is 5.56 Å². The minimum absolute atomic E-state index is 0.0903. The van der Waals surface area contributed by atoms with Crippen LogP contribution in [-0.4, -0.2) is 22.5 Å². The third-order valence-electron chi connectivity index (χ3n) is 3.11. The van der Waals surface area contributed by atoms with Crippen LogP contribution in [-0.2, 0) is 15.6 Å². The molecule has 0 fully saturated rings. The van der Waals surface area contributed by atoms with Gasteiger partial charge in [-0.15, -0.1) is 0 Å². The van der Waals surface area contributed by atoms with Gasteiger partial charge in [0.25, 0.3) is 0 Å². The van der Waals surface area contributed by atoms with E-state index in [-0.39, 0.29) is 16.3 Å². The zero-order chi connectivity index (χ0) is 15.5. The van der Waals surface area contributed by atoms with Gasteiger partial charge in [-0.1, -0.05) is 30.3 Å². The average Bonchev–Trinajstić information content (AvgIpc) is 2.47. The van der Waals surface area contributed by atoms with Crippen molar-refractivity contribution in [3.63, 3.8) is 0 Å². The Morgan fingerprint density at radius 2 is 1.76 bits per heavy atom. The summed E-state index contributed by atoms with van der Waals surface area (Å²) in [6.45, 7) is 0. The minimum atomic E-state index is -3.55. The summed E-state index contributed by atoms with van der Waals surface area (Å²) in [4.78, 5) is 1.91. The van der Waals surface area contributed by atoms with Crippen molar-refractivity contribution in [3.8, 4) is 0 Å². The van der Waals surface area contributed by atoms with E-state index >= 15 is 0 Å². The van der Waals surface area contributed by atoms with Gasteiger partial charge < -0.3 is 4.90 Å². The highest BCUT2D eigenvalue weighted by atomic mass is 32.2. The van der Waals surface area contributed by atoms with Crippen LogP contribution in [0.3, 0.4) is 0 Å². The molecule has 0 spiro atoms. The van der Waals surface area contributed by atoms with Crippen LogP contribution < -0.4 is 10.4 Å². The molecule has 2 aromatic rings. The van der Waals surface area contributed by atoms with Gasteiger partial charge in [-0.2, -0.15) is 0 Å². The maximum Gasteiger partial charge on any atom is 0.184 e. The first-order chi connectivity index (χ1) is 9.94. The van der Waals surface area contributed by atoms with Crippen LogP contribution in [0.25, 0.3) is 0 Å². The van der Waals surface area contributed by atoms with Crippen LogP contribution in [0, 0.1) is 0 Å². The van der Waals surface area contributed by atoms with Gasteiger partial charge in [0.1, 0.15) is 10.4 Å². The average molecular weight is 303 g/mol. The smallest absolute Gasteiger partial charge is 0.184 e. The largest absolute Gasteiger partial charge is 0.378 e.